The summed E-state index contributed by atoms with van der Waals surface area (Å²) in [6.07, 6.45) is 3.05. The van der Waals surface area contributed by atoms with Crippen molar-refractivity contribution in [1.29, 1.82) is 0 Å². The summed E-state index contributed by atoms with van der Waals surface area (Å²) in [5.41, 5.74) is 2.74. The molecule has 1 fully saturated rings. The normalized spacial score (nSPS) is 17.4. The number of hydrogen-bond acceptors (Lipinski definition) is 2. The average molecular weight is 244 g/mol. The van der Waals surface area contributed by atoms with Gasteiger partial charge in [0.2, 0.25) is 0 Å². The van der Waals surface area contributed by atoms with Crippen molar-refractivity contribution in [2.45, 2.75) is 32.6 Å². The van der Waals surface area contributed by atoms with Crippen LogP contribution in [-0.2, 0) is 14.7 Å². The highest BCUT2D eigenvalue weighted by molar-refractivity contribution is 6.51. The molecule has 0 aliphatic carbocycles. The molecule has 96 valence electrons. The van der Waals surface area contributed by atoms with Gasteiger partial charge < -0.3 is 9.31 Å². The molecule has 0 bridgehead atoms. The molecule has 2 rings (SSSR count). The van der Waals surface area contributed by atoms with E-state index in [-0.39, 0.29) is 12.5 Å². The van der Waals surface area contributed by atoms with Crippen molar-refractivity contribution in [2.75, 3.05) is 13.2 Å². The number of rotatable bonds is 2. The third-order valence-corrected chi connectivity index (χ3v) is 3.08. The molecule has 1 heterocycles. The minimum atomic E-state index is -0.180. The second-order valence-corrected chi connectivity index (χ2v) is 5.69. The lowest BCUT2D eigenvalue weighted by molar-refractivity contribution is 0.142. The van der Waals surface area contributed by atoms with Crippen molar-refractivity contribution in [2.24, 2.45) is 0 Å². The maximum absolute atomic E-state index is 5.47. The molecule has 0 N–H and O–H groups in total. The average Bonchev–Trinajstić information content (AvgIpc) is 2.37. The number of hydrogen-bond donors (Lipinski definition) is 0. The topological polar surface area (TPSA) is 18.5 Å². The summed E-state index contributed by atoms with van der Waals surface area (Å²) < 4.78 is 10.9. The van der Waals surface area contributed by atoms with E-state index >= 15 is 0 Å². The van der Waals surface area contributed by atoms with Gasteiger partial charge in [0.05, 0.1) is 0 Å². The van der Waals surface area contributed by atoms with Crippen LogP contribution in [0.4, 0.5) is 0 Å². The maximum Gasteiger partial charge on any atom is 0.486 e. The van der Waals surface area contributed by atoms with Gasteiger partial charge in [-0.25, -0.2) is 0 Å². The molecular weight excluding hydrogens is 223 g/mol. The van der Waals surface area contributed by atoms with E-state index in [0.29, 0.717) is 0 Å². The van der Waals surface area contributed by atoms with Crippen LogP contribution in [0.5, 0.6) is 0 Å². The summed E-state index contributed by atoms with van der Waals surface area (Å²) in [5, 5.41) is 0. The largest absolute Gasteiger partial charge is 0.486 e. The highest BCUT2D eigenvalue weighted by atomic mass is 16.6. The van der Waals surface area contributed by atoms with Crippen LogP contribution in [0, 0.1) is 0 Å². The molecule has 1 aliphatic rings. The quantitative estimate of drug-likeness (QED) is 0.741. The first kappa shape index (κ1) is 13.4. The first-order valence-corrected chi connectivity index (χ1v) is 6.58. The Kier molecular flexibility index (Phi) is 4.25. The van der Waals surface area contributed by atoms with E-state index in [1.807, 2.05) is 5.98 Å². The fourth-order valence-electron chi connectivity index (χ4n) is 1.90. The summed E-state index contributed by atoms with van der Waals surface area (Å²) in [5.74, 6) is 1.98. The van der Waals surface area contributed by atoms with Crippen LogP contribution in [0.15, 0.2) is 30.2 Å². The summed E-state index contributed by atoms with van der Waals surface area (Å²) in [4.78, 5) is 0. The molecule has 0 amide bonds. The van der Waals surface area contributed by atoms with Gasteiger partial charge in [0.15, 0.2) is 0 Å². The molecule has 3 heteroatoms. The Balaban J connectivity index is 1.99. The second-order valence-electron chi connectivity index (χ2n) is 5.69. The Bertz CT molecular complexity index is 397. The van der Waals surface area contributed by atoms with E-state index in [4.69, 9.17) is 9.31 Å². The lowest BCUT2D eigenvalue weighted by atomic mass is 9.85. The molecule has 2 nitrogen and oxygen atoms in total. The maximum atomic E-state index is 5.47. The Morgan fingerprint density at radius 3 is 2.22 bits per heavy atom. The van der Waals surface area contributed by atoms with Gasteiger partial charge in [0.25, 0.3) is 0 Å². The van der Waals surface area contributed by atoms with Crippen molar-refractivity contribution < 1.29 is 9.31 Å². The Labute approximate surface area is 110 Å². The van der Waals surface area contributed by atoms with Crippen molar-refractivity contribution in [3.63, 3.8) is 0 Å². The van der Waals surface area contributed by atoms with Crippen LogP contribution in [0.3, 0.4) is 0 Å². The molecule has 1 aromatic carbocycles. The summed E-state index contributed by atoms with van der Waals surface area (Å²) in [6.45, 7) is 8.25. The van der Waals surface area contributed by atoms with Crippen LogP contribution in [0.25, 0.3) is 6.08 Å². The number of benzene rings is 1. The summed E-state index contributed by atoms with van der Waals surface area (Å²) in [6, 6.07) is 8.64. The lowest BCUT2D eigenvalue weighted by Gasteiger charge is -2.19. The molecule has 0 unspecified atom stereocenters. The molecule has 18 heavy (non-hydrogen) atoms. The standard InChI is InChI=1S/C15H21BO2/c1-15(2,3)14-7-5-13(6-8-14)9-10-16-17-11-4-12-18-16/h5-10H,4,11-12H2,1-3H3/b10-9+. The molecule has 0 atom stereocenters. The van der Waals surface area contributed by atoms with E-state index in [1.165, 1.54) is 11.1 Å². The van der Waals surface area contributed by atoms with Gasteiger partial charge in [-0.1, -0.05) is 57.1 Å². The van der Waals surface area contributed by atoms with Crippen molar-refractivity contribution in [3.05, 3.63) is 41.4 Å². The SMILES string of the molecule is CC(C)(C)c1ccc(/C=C/B2OCCCO2)cc1. The predicted molar refractivity (Wildman–Crippen MR) is 76.5 cm³/mol. The first-order chi connectivity index (χ1) is 8.55. The third kappa shape index (κ3) is 3.72. The van der Waals surface area contributed by atoms with E-state index in [2.05, 4.69) is 51.1 Å². The summed E-state index contributed by atoms with van der Waals surface area (Å²) in [7, 11) is -0.180. The fourth-order valence-corrected chi connectivity index (χ4v) is 1.90. The van der Waals surface area contributed by atoms with Crippen molar-refractivity contribution in [3.8, 4) is 0 Å². The minimum absolute atomic E-state index is 0.180. The third-order valence-electron chi connectivity index (χ3n) is 3.08. The van der Waals surface area contributed by atoms with Crippen molar-refractivity contribution in [1.82, 2.24) is 0 Å². The molecule has 1 aliphatic heterocycles. The first-order valence-electron chi connectivity index (χ1n) is 6.58. The highest BCUT2D eigenvalue weighted by Crippen LogP contribution is 2.22. The smallest absolute Gasteiger partial charge is 0.408 e. The van der Waals surface area contributed by atoms with Gasteiger partial charge >= 0.3 is 7.12 Å². The van der Waals surface area contributed by atoms with Gasteiger partial charge in [-0.3, -0.25) is 0 Å². The van der Waals surface area contributed by atoms with Crippen molar-refractivity contribution >= 4 is 13.2 Å². The molecule has 0 radical (unpaired) electrons. The molecule has 0 aromatic heterocycles. The lowest BCUT2D eigenvalue weighted by Crippen LogP contribution is -2.27. The zero-order valence-electron chi connectivity index (χ0n) is 11.5. The molecule has 0 spiro atoms. The Morgan fingerprint density at radius 2 is 1.67 bits per heavy atom. The van der Waals surface area contributed by atoms with E-state index in [9.17, 15) is 0 Å². The zero-order chi connectivity index (χ0) is 13.0. The Hall–Kier alpha value is -1.06. The molecular formula is C15H21BO2. The van der Waals surface area contributed by atoms with E-state index in [0.717, 1.165) is 19.6 Å². The van der Waals surface area contributed by atoms with E-state index < -0.39 is 0 Å². The van der Waals surface area contributed by atoms with Crippen LogP contribution < -0.4 is 0 Å². The highest BCUT2D eigenvalue weighted by Gasteiger charge is 2.17. The van der Waals surface area contributed by atoms with Crippen LogP contribution in [-0.4, -0.2) is 20.3 Å². The van der Waals surface area contributed by atoms with Gasteiger partial charge in [0.1, 0.15) is 0 Å². The van der Waals surface area contributed by atoms with Crippen LogP contribution in [0.2, 0.25) is 0 Å². The molecule has 1 saturated heterocycles. The Morgan fingerprint density at radius 1 is 1.06 bits per heavy atom. The van der Waals surface area contributed by atoms with Gasteiger partial charge in [-0.2, -0.15) is 0 Å². The molecule has 0 saturated carbocycles. The van der Waals surface area contributed by atoms with Crippen LogP contribution >= 0.6 is 0 Å². The second kappa shape index (κ2) is 5.72. The monoisotopic (exact) mass is 244 g/mol. The van der Waals surface area contributed by atoms with Gasteiger partial charge in [0, 0.05) is 13.2 Å². The van der Waals surface area contributed by atoms with Crippen LogP contribution in [0.1, 0.15) is 38.3 Å². The van der Waals surface area contributed by atoms with Gasteiger partial charge in [-0.15, -0.1) is 0 Å². The zero-order valence-corrected chi connectivity index (χ0v) is 11.5. The predicted octanol–water partition coefficient (Wildman–Crippen LogP) is 3.46. The summed E-state index contributed by atoms with van der Waals surface area (Å²) >= 11 is 0. The van der Waals surface area contributed by atoms with Gasteiger partial charge in [-0.05, 0) is 23.0 Å². The molecule has 1 aromatic rings. The van der Waals surface area contributed by atoms with E-state index in [1.54, 1.807) is 0 Å². The fraction of sp³-hybridized carbons (Fsp3) is 0.467. The minimum Gasteiger partial charge on any atom is -0.408 e.